The Bertz CT molecular complexity index is 309. The zero-order valence-electron chi connectivity index (χ0n) is 11.8. The summed E-state index contributed by atoms with van der Waals surface area (Å²) in [6.07, 6.45) is 8.43. The number of morpholine rings is 1. The average Bonchev–Trinajstić information content (AvgIpc) is 3.10. The van der Waals surface area contributed by atoms with E-state index in [-0.39, 0.29) is 6.04 Å². The highest BCUT2D eigenvalue weighted by Crippen LogP contribution is 2.35. The minimum atomic E-state index is 0.228. The number of nitrogens with zero attached hydrogens (tertiary/aromatic N) is 1. The van der Waals surface area contributed by atoms with Gasteiger partial charge in [0.05, 0.1) is 13.2 Å². The summed E-state index contributed by atoms with van der Waals surface area (Å²) in [6, 6.07) is 0.769. The summed E-state index contributed by atoms with van der Waals surface area (Å²) >= 11 is 0. The molecule has 19 heavy (non-hydrogen) atoms. The molecule has 3 fully saturated rings. The molecule has 108 valence electrons. The first-order valence-corrected chi connectivity index (χ1v) is 7.95. The molecule has 0 aromatic rings. The number of rotatable bonds is 3. The van der Waals surface area contributed by atoms with Gasteiger partial charge in [0.1, 0.15) is 0 Å². The molecular weight excluding hydrogens is 240 g/mol. The summed E-state index contributed by atoms with van der Waals surface area (Å²) < 4.78 is 5.44. The lowest BCUT2D eigenvalue weighted by molar-refractivity contribution is -0.134. The van der Waals surface area contributed by atoms with Crippen LogP contribution in [-0.2, 0) is 9.53 Å². The van der Waals surface area contributed by atoms with Crippen LogP contribution in [0.1, 0.15) is 44.9 Å². The van der Waals surface area contributed by atoms with Gasteiger partial charge in [0.25, 0.3) is 0 Å². The quantitative estimate of drug-likeness (QED) is 0.842. The van der Waals surface area contributed by atoms with Crippen LogP contribution < -0.4 is 5.32 Å². The number of carbonyl (C=O) groups is 1. The summed E-state index contributed by atoms with van der Waals surface area (Å²) in [6.45, 7) is 3.32. The molecule has 2 heterocycles. The van der Waals surface area contributed by atoms with Gasteiger partial charge in [0, 0.05) is 31.6 Å². The van der Waals surface area contributed by atoms with Crippen LogP contribution in [0.25, 0.3) is 0 Å². The summed E-state index contributed by atoms with van der Waals surface area (Å²) in [5.74, 6) is 1.12. The Hall–Kier alpha value is -0.610. The lowest BCUT2D eigenvalue weighted by atomic mass is 9.95. The number of carbonyl (C=O) groups excluding carboxylic acids is 1. The predicted octanol–water partition coefficient (Wildman–Crippen LogP) is 1.55. The molecule has 1 N–H and O–H groups in total. The second-order valence-electron chi connectivity index (χ2n) is 6.27. The second-order valence-corrected chi connectivity index (χ2v) is 6.27. The lowest BCUT2D eigenvalue weighted by Gasteiger charge is -2.31. The maximum absolute atomic E-state index is 12.5. The maximum atomic E-state index is 12.5. The van der Waals surface area contributed by atoms with E-state index in [4.69, 9.17) is 4.74 Å². The third-order valence-electron chi connectivity index (χ3n) is 4.98. The average molecular weight is 266 g/mol. The van der Waals surface area contributed by atoms with Crippen LogP contribution in [0, 0.1) is 5.92 Å². The van der Waals surface area contributed by atoms with E-state index in [9.17, 15) is 4.79 Å². The molecule has 0 aromatic heterocycles. The molecule has 0 bridgehead atoms. The SMILES string of the molecule is O=C(CC1COCCN1)N1CCCC1C1CCCC1. The van der Waals surface area contributed by atoms with E-state index in [2.05, 4.69) is 10.2 Å². The number of amides is 1. The topological polar surface area (TPSA) is 41.6 Å². The monoisotopic (exact) mass is 266 g/mol. The summed E-state index contributed by atoms with van der Waals surface area (Å²) in [5, 5.41) is 3.39. The van der Waals surface area contributed by atoms with Crippen molar-refractivity contribution in [1.29, 1.82) is 0 Å². The third-order valence-corrected chi connectivity index (χ3v) is 4.98. The first-order chi connectivity index (χ1) is 9.34. The van der Waals surface area contributed by atoms with Gasteiger partial charge in [-0.05, 0) is 31.6 Å². The first-order valence-electron chi connectivity index (χ1n) is 7.95. The molecule has 4 heteroatoms. The smallest absolute Gasteiger partial charge is 0.224 e. The Kier molecular flexibility index (Phi) is 4.38. The van der Waals surface area contributed by atoms with Crippen LogP contribution in [-0.4, -0.2) is 49.2 Å². The normalized spacial score (nSPS) is 32.9. The van der Waals surface area contributed by atoms with Crippen LogP contribution in [0.3, 0.4) is 0 Å². The van der Waals surface area contributed by atoms with Crippen molar-refractivity contribution in [3.63, 3.8) is 0 Å². The number of likely N-dealkylation sites (tertiary alicyclic amines) is 1. The van der Waals surface area contributed by atoms with E-state index < -0.39 is 0 Å². The fraction of sp³-hybridized carbons (Fsp3) is 0.933. The Labute approximate surface area is 115 Å². The Balaban J connectivity index is 1.55. The molecule has 2 saturated heterocycles. The second kappa shape index (κ2) is 6.23. The molecule has 1 amide bonds. The fourth-order valence-corrected chi connectivity index (χ4v) is 4.01. The van der Waals surface area contributed by atoms with Crippen molar-refractivity contribution in [2.75, 3.05) is 26.3 Å². The molecule has 3 rings (SSSR count). The van der Waals surface area contributed by atoms with Crippen molar-refractivity contribution in [3.8, 4) is 0 Å². The van der Waals surface area contributed by atoms with E-state index in [1.165, 1.54) is 38.5 Å². The van der Waals surface area contributed by atoms with Crippen LogP contribution in [0.5, 0.6) is 0 Å². The van der Waals surface area contributed by atoms with Crippen LogP contribution in [0.2, 0.25) is 0 Å². The molecule has 0 spiro atoms. The van der Waals surface area contributed by atoms with Crippen molar-refractivity contribution in [1.82, 2.24) is 10.2 Å². The highest BCUT2D eigenvalue weighted by Gasteiger charge is 2.36. The van der Waals surface area contributed by atoms with Gasteiger partial charge in [-0.1, -0.05) is 12.8 Å². The Morgan fingerprint density at radius 2 is 2.05 bits per heavy atom. The van der Waals surface area contributed by atoms with Gasteiger partial charge in [-0.25, -0.2) is 0 Å². The molecule has 1 aliphatic carbocycles. The molecule has 2 unspecified atom stereocenters. The minimum Gasteiger partial charge on any atom is -0.378 e. The van der Waals surface area contributed by atoms with E-state index in [1.54, 1.807) is 0 Å². The van der Waals surface area contributed by atoms with Crippen molar-refractivity contribution in [2.45, 2.75) is 57.0 Å². The summed E-state index contributed by atoms with van der Waals surface area (Å²) in [4.78, 5) is 14.7. The number of hydrogen-bond acceptors (Lipinski definition) is 3. The molecule has 0 aromatic carbocycles. The zero-order valence-corrected chi connectivity index (χ0v) is 11.8. The van der Waals surface area contributed by atoms with Crippen molar-refractivity contribution < 1.29 is 9.53 Å². The van der Waals surface area contributed by atoms with Gasteiger partial charge in [0.15, 0.2) is 0 Å². The lowest BCUT2D eigenvalue weighted by Crippen LogP contribution is -2.47. The van der Waals surface area contributed by atoms with Crippen molar-refractivity contribution in [2.24, 2.45) is 5.92 Å². The van der Waals surface area contributed by atoms with Gasteiger partial charge >= 0.3 is 0 Å². The van der Waals surface area contributed by atoms with Crippen molar-refractivity contribution in [3.05, 3.63) is 0 Å². The molecular formula is C15H26N2O2. The highest BCUT2D eigenvalue weighted by atomic mass is 16.5. The summed E-state index contributed by atoms with van der Waals surface area (Å²) in [7, 11) is 0. The van der Waals surface area contributed by atoms with E-state index in [1.807, 2.05) is 0 Å². The molecule has 0 radical (unpaired) electrons. The van der Waals surface area contributed by atoms with Gasteiger partial charge in [-0.15, -0.1) is 0 Å². The standard InChI is InChI=1S/C15H26N2O2/c18-15(10-13-11-19-9-7-16-13)17-8-3-6-14(17)12-4-1-2-5-12/h12-14,16H,1-11H2. The maximum Gasteiger partial charge on any atom is 0.224 e. The Morgan fingerprint density at radius 1 is 1.21 bits per heavy atom. The molecule has 2 atom stereocenters. The van der Waals surface area contributed by atoms with Crippen LogP contribution >= 0.6 is 0 Å². The first kappa shape index (κ1) is 13.4. The van der Waals surface area contributed by atoms with Gasteiger partial charge in [-0.2, -0.15) is 0 Å². The van der Waals surface area contributed by atoms with Gasteiger partial charge in [-0.3, -0.25) is 4.79 Å². The van der Waals surface area contributed by atoms with E-state index >= 15 is 0 Å². The summed E-state index contributed by atoms with van der Waals surface area (Å²) in [5.41, 5.74) is 0. The van der Waals surface area contributed by atoms with Gasteiger partial charge < -0.3 is 15.0 Å². The molecule has 1 saturated carbocycles. The third kappa shape index (κ3) is 3.11. The van der Waals surface area contributed by atoms with E-state index in [0.29, 0.717) is 25.0 Å². The van der Waals surface area contributed by atoms with Crippen LogP contribution in [0.4, 0.5) is 0 Å². The predicted molar refractivity (Wildman–Crippen MR) is 73.9 cm³/mol. The van der Waals surface area contributed by atoms with E-state index in [0.717, 1.165) is 25.6 Å². The highest BCUT2D eigenvalue weighted by molar-refractivity contribution is 5.77. The zero-order chi connectivity index (χ0) is 13.1. The number of nitrogens with one attached hydrogen (secondary N) is 1. The van der Waals surface area contributed by atoms with Gasteiger partial charge in [0.2, 0.25) is 5.91 Å². The van der Waals surface area contributed by atoms with Crippen LogP contribution in [0.15, 0.2) is 0 Å². The molecule has 4 nitrogen and oxygen atoms in total. The fourth-order valence-electron chi connectivity index (χ4n) is 4.01. The van der Waals surface area contributed by atoms with Crippen molar-refractivity contribution >= 4 is 5.91 Å². The molecule has 2 aliphatic heterocycles. The largest absolute Gasteiger partial charge is 0.378 e. The number of hydrogen-bond donors (Lipinski definition) is 1. The molecule has 3 aliphatic rings. The minimum absolute atomic E-state index is 0.228. The number of ether oxygens (including phenoxy) is 1. The Morgan fingerprint density at radius 3 is 2.79 bits per heavy atom.